The molecule has 0 aliphatic carbocycles. The predicted molar refractivity (Wildman–Crippen MR) is 100 cm³/mol. The highest BCUT2D eigenvalue weighted by atomic mass is 32.2. The highest BCUT2D eigenvalue weighted by Crippen LogP contribution is 2.22. The summed E-state index contributed by atoms with van der Waals surface area (Å²) in [5.74, 6) is 0.947. The zero-order chi connectivity index (χ0) is 18.4. The molecule has 3 rings (SSSR count). The maximum absolute atomic E-state index is 12.4. The third-order valence-electron chi connectivity index (χ3n) is 4.19. The average Bonchev–Trinajstić information content (AvgIpc) is 3.20. The maximum Gasteiger partial charge on any atom is 0.244 e. The second-order valence-corrected chi connectivity index (χ2v) is 7.70. The van der Waals surface area contributed by atoms with Crippen molar-refractivity contribution in [2.24, 2.45) is 0 Å². The molecule has 2 aromatic rings. The fraction of sp³-hybridized carbons (Fsp3) is 0.412. The lowest BCUT2D eigenvalue weighted by Crippen LogP contribution is -2.29. The molecule has 1 saturated heterocycles. The molecule has 0 radical (unpaired) electrons. The van der Waals surface area contributed by atoms with Gasteiger partial charge < -0.3 is 15.0 Å². The van der Waals surface area contributed by atoms with Crippen LogP contribution in [0.4, 0.5) is 11.5 Å². The minimum atomic E-state index is -3.64. The van der Waals surface area contributed by atoms with Gasteiger partial charge in [0.25, 0.3) is 0 Å². The Labute approximate surface area is 153 Å². The first-order chi connectivity index (χ1) is 12.6. The number of sulfonamides is 1. The second kappa shape index (κ2) is 8.33. The Morgan fingerprint density at radius 2 is 1.96 bits per heavy atom. The standard InChI is InChI=1S/C17H23N5O3S/c1-25-15-6-2-3-7-16(15)26(23,24)20-9-8-18-17-12-14(13-19-21-17)22-10-4-5-11-22/h2-3,6-7,12-13,20H,4-5,8-11H2,1H3,(H,18,21). The summed E-state index contributed by atoms with van der Waals surface area (Å²) in [5.41, 5.74) is 1.04. The number of benzene rings is 1. The van der Waals surface area contributed by atoms with E-state index in [9.17, 15) is 8.42 Å². The Morgan fingerprint density at radius 1 is 1.19 bits per heavy atom. The Morgan fingerprint density at radius 3 is 2.73 bits per heavy atom. The molecule has 8 nitrogen and oxygen atoms in total. The van der Waals surface area contributed by atoms with Gasteiger partial charge in [-0.1, -0.05) is 12.1 Å². The van der Waals surface area contributed by atoms with Crippen LogP contribution in [-0.4, -0.2) is 51.9 Å². The first kappa shape index (κ1) is 18.4. The van der Waals surface area contributed by atoms with E-state index >= 15 is 0 Å². The largest absolute Gasteiger partial charge is 0.495 e. The van der Waals surface area contributed by atoms with Crippen LogP contribution in [-0.2, 0) is 10.0 Å². The number of nitrogens with zero attached hydrogens (tertiary/aromatic N) is 3. The number of methoxy groups -OCH3 is 1. The van der Waals surface area contributed by atoms with Gasteiger partial charge in [0.1, 0.15) is 10.6 Å². The van der Waals surface area contributed by atoms with Gasteiger partial charge in [0, 0.05) is 32.2 Å². The molecule has 2 heterocycles. The predicted octanol–water partition coefficient (Wildman–Crippen LogP) is 1.48. The van der Waals surface area contributed by atoms with Crippen molar-refractivity contribution >= 4 is 21.5 Å². The molecule has 0 saturated carbocycles. The van der Waals surface area contributed by atoms with Gasteiger partial charge in [-0.2, -0.15) is 5.10 Å². The van der Waals surface area contributed by atoms with Crippen LogP contribution in [0.5, 0.6) is 5.75 Å². The van der Waals surface area contributed by atoms with Crippen LogP contribution < -0.4 is 19.7 Å². The quantitative estimate of drug-likeness (QED) is 0.673. The Kier molecular flexibility index (Phi) is 5.89. The van der Waals surface area contributed by atoms with Crippen molar-refractivity contribution in [3.8, 4) is 5.75 Å². The summed E-state index contributed by atoms with van der Waals surface area (Å²) in [7, 11) is -2.19. The van der Waals surface area contributed by atoms with Gasteiger partial charge in [0.05, 0.1) is 19.0 Å². The highest BCUT2D eigenvalue weighted by Gasteiger charge is 2.18. The summed E-state index contributed by atoms with van der Waals surface area (Å²) < 4.78 is 32.5. The van der Waals surface area contributed by atoms with Gasteiger partial charge in [-0.3, -0.25) is 0 Å². The van der Waals surface area contributed by atoms with Gasteiger partial charge in [-0.25, -0.2) is 13.1 Å². The van der Waals surface area contributed by atoms with Gasteiger partial charge in [0.2, 0.25) is 10.0 Å². The topological polar surface area (TPSA) is 96.5 Å². The number of anilines is 2. The van der Waals surface area contributed by atoms with Crippen molar-refractivity contribution in [1.82, 2.24) is 14.9 Å². The number of nitrogens with one attached hydrogen (secondary N) is 2. The Hall–Kier alpha value is -2.39. The molecular formula is C17H23N5O3S. The number of hydrogen-bond acceptors (Lipinski definition) is 7. The van der Waals surface area contributed by atoms with Crippen molar-refractivity contribution in [2.75, 3.05) is 43.5 Å². The van der Waals surface area contributed by atoms with Crippen molar-refractivity contribution in [1.29, 1.82) is 0 Å². The second-order valence-electron chi connectivity index (χ2n) is 5.97. The summed E-state index contributed by atoms with van der Waals surface area (Å²) in [6, 6.07) is 8.46. The van der Waals surface area contributed by atoms with Crippen LogP contribution in [0, 0.1) is 0 Å². The summed E-state index contributed by atoms with van der Waals surface area (Å²) >= 11 is 0. The molecule has 140 valence electrons. The summed E-state index contributed by atoms with van der Waals surface area (Å²) in [6.07, 6.45) is 4.13. The Bertz CT molecular complexity index is 838. The number of rotatable bonds is 8. The van der Waals surface area contributed by atoms with E-state index in [1.807, 2.05) is 6.07 Å². The van der Waals surface area contributed by atoms with Crippen LogP contribution in [0.3, 0.4) is 0 Å². The molecule has 1 aliphatic rings. The van der Waals surface area contributed by atoms with E-state index in [0.29, 0.717) is 18.1 Å². The molecule has 0 unspecified atom stereocenters. The van der Waals surface area contributed by atoms with E-state index in [2.05, 4.69) is 25.1 Å². The van der Waals surface area contributed by atoms with Gasteiger partial charge in [0.15, 0.2) is 5.82 Å². The molecule has 0 spiro atoms. The summed E-state index contributed by atoms with van der Waals surface area (Å²) in [6.45, 7) is 2.68. The minimum Gasteiger partial charge on any atom is -0.495 e. The number of aromatic nitrogens is 2. The molecule has 1 aromatic heterocycles. The van der Waals surface area contributed by atoms with Crippen LogP contribution in [0.1, 0.15) is 12.8 Å². The van der Waals surface area contributed by atoms with E-state index in [-0.39, 0.29) is 11.4 Å². The molecule has 1 fully saturated rings. The van der Waals surface area contributed by atoms with Crippen LogP contribution >= 0.6 is 0 Å². The smallest absolute Gasteiger partial charge is 0.244 e. The van der Waals surface area contributed by atoms with E-state index in [0.717, 1.165) is 18.8 Å². The molecule has 9 heteroatoms. The lowest BCUT2D eigenvalue weighted by molar-refractivity contribution is 0.402. The molecular weight excluding hydrogens is 354 g/mol. The third kappa shape index (κ3) is 4.41. The average molecular weight is 377 g/mol. The maximum atomic E-state index is 12.4. The first-order valence-corrected chi connectivity index (χ1v) is 10.0. The monoisotopic (exact) mass is 377 g/mol. The normalized spacial score (nSPS) is 14.4. The first-order valence-electron chi connectivity index (χ1n) is 8.54. The zero-order valence-corrected chi connectivity index (χ0v) is 15.5. The SMILES string of the molecule is COc1ccccc1S(=O)(=O)NCCNc1cc(N2CCCC2)cnn1. The molecule has 0 atom stereocenters. The highest BCUT2D eigenvalue weighted by molar-refractivity contribution is 7.89. The fourth-order valence-corrected chi connectivity index (χ4v) is 4.09. The lowest BCUT2D eigenvalue weighted by atomic mass is 10.3. The number of para-hydroxylation sites is 1. The van der Waals surface area contributed by atoms with E-state index in [4.69, 9.17) is 4.74 Å². The molecule has 1 aromatic carbocycles. The summed E-state index contributed by atoms with van der Waals surface area (Å²) in [5, 5.41) is 11.2. The van der Waals surface area contributed by atoms with E-state index in [1.54, 1.807) is 24.4 Å². The summed E-state index contributed by atoms with van der Waals surface area (Å²) in [4.78, 5) is 2.39. The van der Waals surface area contributed by atoms with Gasteiger partial charge >= 0.3 is 0 Å². The van der Waals surface area contributed by atoms with Crippen LogP contribution in [0.15, 0.2) is 41.4 Å². The van der Waals surface area contributed by atoms with Gasteiger partial charge in [-0.05, 0) is 25.0 Å². The van der Waals surface area contributed by atoms with Gasteiger partial charge in [-0.15, -0.1) is 5.10 Å². The van der Waals surface area contributed by atoms with Crippen LogP contribution in [0.2, 0.25) is 0 Å². The van der Waals surface area contributed by atoms with E-state index < -0.39 is 10.0 Å². The lowest BCUT2D eigenvalue weighted by Gasteiger charge is -2.17. The number of ether oxygens (including phenoxy) is 1. The molecule has 2 N–H and O–H groups in total. The number of hydrogen-bond donors (Lipinski definition) is 2. The van der Waals surface area contributed by atoms with E-state index in [1.165, 1.54) is 26.0 Å². The fourth-order valence-electron chi connectivity index (χ4n) is 2.89. The molecule has 0 bridgehead atoms. The Balaban J connectivity index is 1.54. The minimum absolute atomic E-state index is 0.123. The zero-order valence-electron chi connectivity index (χ0n) is 14.7. The van der Waals surface area contributed by atoms with Crippen molar-refractivity contribution in [3.63, 3.8) is 0 Å². The third-order valence-corrected chi connectivity index (χ3v) is 5.69. The molecule has 1 aliphatic heterocycles. The van der Waals surface area contributed by atoms with Crippen molar-refractivity contribution in [3.05, 3.63) is 36.5 Å². The van der Waals surface area contributed by atoms with Crippen molar-refractivity contribution in [2.45, 2.75) is 17.7 Å². The van der Waals surface area contributed by atoms with Crippen molar-refractivity contribution < 1.29 is 13.2 Å². The van der Waals surface area contributed by atoms with Crippen LogP contribution in [0.25, 0.3) is 0 Å². The molecule has 0 amide bonds. The molecule has 26 heavy (non-hydrogen) atoms.